The van der Waals surface area contributed by atoms with Gasteiger partial charge in [-0.1, -0.05) is 35.9 Å². The molecule has 0 spiro atoms. The first-order valence-electron chi connectivity index (χ1n) is 22.6. The Balaban J connectivity index is 0.000000165. The van der Waals surface area contributed by atoms with Gasteiger partial charge in [0.25, 0.3) is 0 Å². The number of hydrogen-bond donors (Lipinski definition) is 0. The average Bonchev–Trinajstić information content (AvgIpc) is 4.05. The van der Waals surface area contributed by atoms with Crippen LogP contribution in [-0.2, 0) is 20.1 Å². The standard InChI is InChI=1S/C33H22N5O.C26H22GeNO.Ir/c1-19-11-24(23-7-5-4-6-8-23)12-20(2)31(19)38-29-18-35-21(3)13-28(29)37-32(38)25-15-27-26-14-22(16-34)9-10-30(26)39-33(27)36-17-25;1-27(2,3)23-17-28-24(18-10-5-4-6-11-18)16-22(23)21-14-9-13-20-19-12-7-8-15-25(19)29-26(20)21;/h4-15,18H,1-3H3;4-10,12-17H,1-3H3;/q2*-1;. The SMILES string of the molecule is Cc1cc2nc(-c3[c-]nc4oc5ccc(C#N)cc5c4c3)n(-c3c(C)cc(-c4ccccc4)cc3C)c2cn1.[CH3][Ge]([CH3])([CH3])[c]1cnc(-c2[c-]cccc2)cc1-c1cccc2c1oc1ccccc12.[Ir]. The second kappa shape index (κ2) is 18.2. The smallest absolute Gasteiger partial charge is 0 e. The van der Waals surface area contributed by atoms with Gasteiger partial charge >= 0.3 is 174 Å². The molecule has 1 radical (unpaired) electrons. The molecule has 0 aliphatic rings. The van der Waals surface area contributed by atoms with Crippen molar-refractivity contribution in [1.82, 2.24) is 24.5 Å². The quantitative estimate of drug-likeness (QED) is 0.121. The van der Waals surface area contributed by atoms with Crippen molar-refractivity contribution in [2.24, 2.45) is 0 Å². The maximum atomic E-state index is 9.43. The number of aryl methyl sites for hydroxylation is 3. The zero-order valence-corrected chi connectivity index (χ0v) is 43.3. The second-order valence-electron chi connectivity index (χ2n) is 18.3. The molecule has 69 heavy (non-hydrogen) atoms. The topological polar surface area (TPSA) is 107 Å². The molecule has 0 aliphatic carbocycles. The fourth-order valence-corrected chi connectivity index (χ4v) is 12.4. The monoisotopic (exact) mass is 1140 g/mol. The molecule has 6 heterocycles. The van der Waals surface area contributed by atoms with Crippen molar-refractivity contribution in [1.29, 1.82) is 5.26 Å². The number of para-hydroxylation sites is 2. The summed E-state index contributed by atoms with van der Waals surface area (Å²) in [6, 6.07) is 54.7. The van der Waals surface area contributed by atoms with Gasteiger partial charge in [-0.3, -0.25) is 9.97 Å². The van der Waals surface area contributed by atoms with Gasteiger partial charge in [0.2, 0.25) is 0 Å². The van der Waals surface area contributed by atoms with Gasteiger partial charge in [-0.05, 0) is 91.0 Å². The van der Waals surface area contributed by atoms with Crippen molar-refractivity contribution >= 4 is 72.7 Å². The van der Waals surface area contributed by atoms with Crippen molar-refractivity contribution in [3.8, 4) is 56.7 Å². The Morgan fingerprint density at radius 2 is 1.39 bits per heavy atom. The summed E-state index contributed by atoms with van der Waals surface area (Å²) in [7, 11) is 0. The Hall–Kier alpha value is -7.48. The number of pyridine rings is 3. The molecule has 0 saturated heterocycles. The summed E-state index contributed by atoms with van der Waals surface area (Å²) in [5.41, 5.74) is 17.0. The number of nitrogens with zero attached hydrogens (tertiary/aromatic N) is 6. The zero-order valence-electron chi connectivity index (χ0n) is 38.8. The van der Waals surface area contributed by atoms with Crippen molar-refractivity contribution in [2.75, 3.05) is 0 Å². The van der Waals surface area contributed by atoms with Crippen molar-refractivity contribution in [3.63, 3.8) is 0 Å². The van der Waals surface area contributed by atoms with E-state index in [2.05, 4.69) is 149 Å². The molecular weight excluding hydrogens is 1090 g/mol. The van der Waals surface area contributed by atoms with Gasteiger partial charge in [-0.2, -0.15) is 5.26 Å². The van der Waals surface area contributed by atoms with Crippen LogP contribution in [0.2, 0.25) is 17.3 Å². The van der Waals surface area contributed by atoms with Crippen molar-refractivity contribution < 1.29 is 28.9 Å². The Morgan fingerprint density at radius 3 is 2.16 bits per heavy atom. The van der Waals surface area contributed by atoms with Crippen LogP contribution in [0.15, 0.2) is 167 Å². The third-order valence-electron chi connectivity index (χ3n) is 12.5. The van der Waals surface area contributed by atoms with Crippen LogP contribution in [0.5, 0.6) is 0 Å². The zero-order chi connectivity index (χ0) is 46.7. The molecule has 8 nitrogen and oxygen atoms in total. The van der Waals surface area contributed by atoms with Gasteiger partial charge in [-0.25, -0.2) is 0 Å². The molecule has 10 heteroatoms. The fourth-order valence-electron chi connectivity index (χ4n) is 9.32. The van der Waals surface area contributed by atoms with E-state index >= 15 is 0 Å². The van der Waals surface area contributed by atoms with Gasteiger partial charge in [0.05, 0.1) is 34.7 Å². The van der Waals surface area contributed by atoms with E-state index in [-0.39, 0.29) is 20.1 Å². The van der Waals surface area contributed by atoms with Crippen LogP contribution >= 0.6 is 0 Å². The third-order valence-corrected chi connectivity index (χ3v) is 16.8. The Kier molecular flexibility index (Phi) is 12.0. The first-order chi connectivity index (χ1) is 33.0. The molecule has 6 aromatic heterocycles. The minimum absolute atomic E-state index is 0. The van der Waals surface area contributed by atoms with E-state index in [4.69, 9.17) is 18.8 Å². The number of furan rings is 2. The van der Waals surface area contributed by atoms with Crippen LogP contribution < -0.4 is 4.40 Å². The first-order valence-corrected chi connectivity index (χ1v) is 29.9. The van der Waals surface area contributed by atoms with E-state index in [0.29, 0.717) is 16.9 Å². The van der Waals surface area contributed by atoms with E-state index in [1.165, 1.54) is 21.1 Å². The first kappa shape index (κ1) is 45.3. The van der Waals surface area contributed by atoms with Crippen LogP contribution in [-0.4, -0.2) is 37.8 Å². The molecule has 0 bridgehead atoms. The normalized spacial score (nSPS) is 11.5. The molecule has 12 rings (SSSR count). The number of hydrogen-bond acceptors (Lipinski definition) is 7. The molecule has 0 saturated carbocycles. The molecule has 0 unspecified atom stereocenters. The number of nitriles is 1. The van der Waals surface area contributed by atoms with Crippen LogP contribution in [0.1, 0.15) is 22.4 Å². The minimum atomic E-state index is -2.18. The molecule has 6 aromatic carbocycles. The number of benzene rings is 6. The Morgan fingerprint density at radius 1 is 0.638 bits per heavy atom. The molecule has 337 valence electrons. The summed E-state index contributed by atoms with van der Waals surface area (Å²) in [6.07, 6.45) is 7.14. The van der Waals surface area contributed by atoms with Gasteiger partial charge in [-0.15, -0.1) is 6.07 Å². The van der Waals surface area contributed by atoms with Crippen LogP contribution in [0.25, 0.3) is 106 Å². The summed E-state index contributed by atoms with van der Waals surface area (Å²) in [5.74, 6) is 7.95. The van der Waals surface area contributed by atoms with Crippen LogP contribution in [0.3, 0.4) is 0 Å². The number of rotatable bonds is 6. The maximum absolute atomic E-state index is 9.43. The molecule has 0 N–H and O–H groups in total. The van der Waals surface area contributed by atoms with E-state index < -0.39 is 13.3 Å². The van der Waals surface area contributed by atoms with Gasteiger partial charge in [0, 0.05) is 36.9 Å². The fraction of sp³-hybridized carbons (Fsp3) is 0.102. The van der Waals surface area contributed by atoms with Crippen LogP contribution in [0.4, 0.5) is 0 Å². The van der Waals surface area contributed by atoms with Crippen LogP contribution in [0, 0.1) is 44.4 Å². The van der Waals surface area contributed by atoms with E-state index in [1.807, 2.05) is 67.7 Å². The summed E-state index contributed by atoms with van der Waals surface area (Å²) in [4.78, 5) is 19.0. The van der Waals surface area contributed by atoms with E-state index in [1.54, 1.807) is 12.1 Å². The minimum Gasteiger partial charge on any atom is 0 e. The predicted molar refractivity (Wildman–Crippen MR) is 277 cm³/mol. The van der Waals surface area contributed by atoms with Gasteiger partial charge < -0.3 is 14.0 Å². The van der Waals surface area contributed by atoms with Gasteiger partial charge in [0.1, 0.15) is 11.3 Å². The third kappa shape index (κ3) is 8.35. The molecular formula is C59H44GeIrN6O2-2. The largest absolute Gasteiger partial charge is 0 e. The summed E-state index contributed by atoms with van der Waals surface area (Å²) in [6.45, 7) is 6.22. The summed E-state index contributed by atoms with van der Waals surface area (Å²) >= 11 is -2.18. The van der Waals surface area contributed by atoms with Crippen molar-refractivity contribution in [2.45, 2.75) is 38.0 Å². The van der Waals surface area contributed by atoms with E-state index in [0.717, 1.165) is 94.5 Å². The number of fused-ring (bicyclic) bond motifs is 7. The number of aromatic nitrogens is 5. The molecule has 0 amide bonds. The number of imidazole rings is 1. The predicted octanol–water partition coefficient (Wildman–Crippen LogP) is 14.3. The Bertz CT molecular complexity index is 3930. The Labute approximate surface area is 416 Å². The average molecular weight is 1130 g/mol. The molecule has 12 aromatic rings. The molecule has 0 fully saturated rings. The molecule has 0 atom stereocenters. The van der Waals surface area contributed by atoms with Gasteiger partial charge in [0.15, 0.2) is 0 Å². The molecule has 0 aliphatic heterocycles. The summed E-state index contributed by atoms with van der Waals surface area (Å²) < 4.78 is 15.8. The summed E-state index contributed by atoms with van der Waals surface area (Å²) in [5, 5.41) is 13.4. The van der Waals surface area contributed by atoms with Crippen molar-refractivity contribution in [3.05, 3.63) is 193 Å². The van der Waals surface area contributed by atoms with E-state index in [9.17, 15) is 5.26 Å². The maximum Gasteiger partial charge on any atom is 0 e. The second-order valence-corrected chi connectivity index (χ2v) is 28.8.